The molecule has 0 amide bonds. The van der Waals surface area contributed by atoms with Gasteiger partial charge < -0.3 is 9.84 Å². The molecule has 0 aliphatic carbocycles. The summed E-state index contributed by atoms with van der Waals surface area (Å²) in [6.07, 6.45) is 0.372. The molecule has 0 bridgehead atoms. The molecule has 0 unspecified atom stereocenters. The summed E-state index contributed by atoms with van der Waals surface area (Å²) in [7, 11) is 0. The Morgan fingerprint density at radius 2 is 1.91 bits per heavy atom. The Morgan fingerprint density at radius 1 is 1.13 bits per heavy atom. The SMILES string of the molecule is O=c1[nH]c(O)c(Cc2ccccc2Oc2ccc(Cl)cc2Cl)s1. The van der Waals surface area contributed by atoms with Gasteiger partial charge in [-0.15, -0.1) is 0 Å². The van der Waals surface area contributed by atoms with Crippen molar-refractivity contribution in [1.82, 2.24) is 4.98 Å². The minimum atomic E-state index is -0.295. The van der Waals surface area contributed by atoms with Crippen molar-refractivity contribution >= 4 is 34.5 Å². The molecule has 118 valence electrons. The first-order valence-electron chi connectivity index (χ1n) is 6.64. The van der Waals surface area contributed by atoms with E-state index in [0.717, 1.165) is 16.9 Å². The average molecular weight is 368 g/mol. The molecule has 2 N–H and O–H groups in total. The van der Waals surface area contributed by atoms with Gasteiger partial charge in [-0.05, 0) is 24.3 Å². The lowest BCUT2D eigenvalue weighted by Gasteiger charge is -2.12. The summed E-state index contributed by atoms with van der Waals surface area (Å²) < 4.78 is 5.86. The standard InChI is InChI=1S/C16H11Cl2NO3S/c17-10-5-6-13(11(18)8-10)22-12-4-2-1-3-9(12)7-14-15(20)19-16(21)23-14/h1-6,8,20H,7H2,(H,19,21). The number of para-hydroxylation sites is 1. The van der Waals surface area contributed by atoms with Gasteiger partial charge >= 0.3 is 4.87 Å². The van der Waals surface area contributed by atoms with E-state index in [1.54, 1.807) is 24.3 Å². The third-order valence-corrected chi connectivity index (χ3v) is 4.54. The lowest BCUT2D eigenvalue weighted by molar-refractivity contribution is 0.450. The zero-order chi connectivity index (χ0) is 16.4. The van der Waals surface area contributed by atoms with Crippen LogP contribution in [-0.4, -0.2) is 10.1 Å². The molecule has 3 aromatic rings. The minimum Gasteiger partial charge on any atom is -0.494 e. The first kappa shape index (κ1) is 15.9. The molecule has 23 heavy (non-hydrogen) atoms. The van der Waals surface area contributed by atoms with Gasteiger partial charge in [0.25, 0.3) is 0 Å². The van der Waals surface area contributed by atoms with Crippen molar-refractivity contribution in [1.29, 1.82) is 0 Å². The van der Waals surface area contributed by atoms with Gasteiger partial charge in [-0.25, -0.2) is 0 Å². The summed E-state index contributed by atoms with van der Waals surface area (Å²) >= 11 is 13.0. The first-order chi connectivity index (χ1) is 11.0. The van der Waals surface area contributed by atoms with E-state index in [2.05, 4.69) is 4.98 Å². The molecule has 0 saturated heterocycles. The second-order valence-electron chi connectivity index (χ2n) is 4.75. The number of nitrogens with one attached hydrogen (secondary N) is 1. The summed E-state index contributed by atoms with van der Waals surface area (Å²) in [5, 5.41) is 10.7. The first-order valence-corrected chi connectivity index (χ1v) is 8.22. The number of halogens is 2. The van der Waals surface area contributed by atoms with Crippen LogP contribution in [0.15, 0.2) is 47.3 Å². The molecular weight excluding hydrogens is 357 g/mol. The van der Waals surface area contributed by atoms with Crippen LogP contribution in [0.2, 0.25) is 10.0 Å². The summed E-state index contributed by atoms with van der Waals surface area (Å²) in [4.78, 5) is 13.9. The number of aromatic hydroxyl groups is 1. The fraction of sp³-hybridized carbons (Fsp3) is 0.0625. The van der Waals surface area contributed by atoms with E-state index in [4.69, 9.17) is 27.9 Å². The average Bonchev–Trinajstić information content (AvgIpc) is 2.82. The number of hydrogen-bond donors (Lipinski definition) is 2. The number of rotatable bonds is 4. The number of H-pyrrole nitrogens is 1. The summed E-state index contributed by atoms with van der Waals surface area (Å²) in [6, 6.07) is 12.3. The zero-order valence-corrected chi connectivity index (χ0v) is 14.0. The van der Waals surface area contributed by atoms with Crippen molar-refractivity contribution < 1.29 is 9.84 Å². The third kappa shape index (κ3) is 3.69. The van der Waals surface area contributed by atoms with E-state index in [9.17, 15) is 9.90 Å². The van der Waals surface area contributed by atoms with E-state index in [1.165, 1.54) is 0 Å². The second kappa shape index (κ2) is 6.66. The lowest BCUT2D eigenvalue weighted by Crippen LogP contribution is -1.93. The lowest BCUT2D eigenvalue weighted by atomic mass is 10.1. The minimum absolute atomic E-state index is 0.112. The molecule has 1 heterocycles. The number of benzene rings is 2. The Morgan fingerprint density at radius 3 is 2.61 bits per heavy atom. The number of thiazole rings is 1. The Labute approximate surface area is 145 Å². The molecule has 7 heteroatoms. The molecule has 0 aliphatic heterocycles. The van der Waals surface area contributed by atoms with Crippen LogP contribution in [0.5, 0.6) is 17.4 Å². The predicted octanol–water partition coefficient (Wildman–Crippen LogP) is 4.83. The highest BCUT2D eigenvalue weighted by atomic mass is 35.5. The van der Waals surface area contributed by atoms with Crippen molar-refractivity contribution in [2.45, 2.75) is 6.42 Å². The van der Waals surface area contributed by atoms with Crippen LogP contribution in [0, 0.1) is 0 Å². The smallest absolute Gasteiger partial charge is 0.307 e. The molecule has 0 aliphatic rings. The fourth-order valence-corrected chi connectivity index (χ4v) is 3.26. The van der Waals surface area contributed by atoms with Crippen molar-refractivity contribution in [2.24, 2.45) is 0 Å². The van der Waals surface area contributed by atoms with Crippen LogP contribution >= 0.6 is 34.5 Å². The Bertz CT molecular complexity index is 904. The topological polar surface area (TPSA) is 62.3 Å². The van der Waals surface area contributed by atoms with Gasteiger partial charge in [0, 0.05) is 17.0 Å². The number of aromatic amines is 1. The monoisotopic (exact) mass is 367 g/mol. The van der Waals surface area contributed by atoms with Gasteiger partial charge in [0.1, 0.15) is 11.5 Å². The molecule has 0 saturated carbocycles. The van der Waals surface area contributed by atoms with Crippen molar-refractivity contribution in [3.05, 3.63) is 72.6 Å². The Balaban J connectivity index is 1.91. The maximum absolute atomic E-state index is 11.3. The molecule has 0 fully saturated rings. The molecule has 0 radical (unpaired) electrons. The van der Waals surface area contributed by atoms with Crippen LogP contribution in [0.1, 0.15) is 10.4 Å². The number of hydrogen-bond acceptors (Lipinski definition) is 4. The van der Waals surface area contributed by atoms with Crippen LogP contribution in [0.25, 0.3) is 0 Å². The number of ether oxygens (including phenoxy) is 1. The Hall–Kier alpha value is -1.95. The van der Waals surface area contributed by atoms with Gasteiger partial charge in [-0.1, -0.05) is 52.7 Å². The quantitative estimate of drug-likeness (QED) is 0.693. The maximum Gasteiger partial charge on any atom is 0.307 e. The van der Waals surface area contributed by atoms with E-state index in [1.807, 2.05) is 18.2 Å². The van der Waals surface area contributed by atoms with E-state index >= 15 is 0 Å². The van der Waals surface area contributed by atoms with Crippen molar-refractivity contribution in [3.63, 3.8) is 0 Å². The van der Waals surface area contributed by atoms with Crippen molar-refractivity contribution in [3.8, 4) is 17.4 Å². The van der Waals surface area contributed by atoms with E-state index < -0.39 is 0 Å². The predicted molar refractivity (Wildman–Crippen MR) is 92.4 cm³/mol. The summed E-state index contributed by atoms with van der Waals surface area (Å²) in [6.45, 7) is 0. The van der Waals surface area contributed by atoms with Crippen molar-refractivity contribution in [2.75, 3.05) is 0 Å². The van der Waals surface area contributed by atoms with Gasteiger partial charge in [0.05, 0.1) is 9.90 Å². The second-order valence-corrected chi connectivity index (χ2v) is 6.66. The summed E-state index contributed by atoms with van der Waals surface area (Å²) in [5.41, 5.74) is 0.823. The molecule has 0 atom stereocenters. The van der Waals surface area contributed by atoms with Crippen LogP contribution in [0.3, 0.4) is 0 Å². The molecular formula is C16H11Cl2NO3S. The van der Waals surface area contributed by atoms with Crippen LogP contribution < -0.4 is 9.61 Å². The molecule has 3 rings (SSSR count). The van der Waals surface area contributed by atoms with E-state index in [0.29, 0.717) is 32.8 Å². The molecule has 4 nitrogen and oxygen atoms in total. The van der Waals surface area contributed by atoms with Gasteiger partial charge in [0.15, 0.2) is 0 Å². The van der Waals surface area contributed by atoms with Gasteiger partial charge in [-0.2, -0.15) is 0 Å². The number of aromatic nitrogens is 1. The zero-order valence-electron chi connectivity index (χ0n) is 11.7. The summed E-state index contributed by atoms with van der Waals surface area (Å²) in [5.74, 6) is 0.964. The largest absolute Gasteiger partial charge is 0.494 e. The Kier molecular flexibility index (Phi) is 4.61. The van der Waals surface area contributed by atoms with Crippen LogP contribution in [0.4, 0.5) is 0 Å². The van der Waals surface area contributed by atoms with Gasteiger partial charge in [-0.3, -0.25) is 9.78 Å². The fourth-order valence-electron chi connectivity index (χ4n) is 2.07. The molecule has 1 aromatic heterocycles. The third-order valence-electron chi connectivity index (χ3n) is 3.14. The highest BCUT2D eigenvalue weighted by Crippen LogP contribution is 2.34. The molecule has 0 spiro atoms. The molecule has 2 aromatic carbocycles. The normalized spacial score (nSPS) is 10.7. The van der Waals surface area contributed by atoms with Gasteiger partial charge in [0.2, 0.25) is 5.88 Å². The van der Waals surface area contributed by atoms with Crippen LogP contribution in [-0.2, 0) is 6.42 Å². The van der Waals surface area contributed by atoms with E-state index in [-0.39, 0.29) is 10.8 Å². The highest BCUT2D eigenvalue weighted by molar-refractivity contribution is 7.09. The maximum atomic E-state index is 11.3. The highest BCUT2D eigenvalue weighted by Gasteiger charge is 2.12.